The second-order valence-corrected chi connectivity index (χ2v) is 3.85. The molecule has 0 atom stereocenters. The van der Waals surface area contributed by atoms with Crippen LogP contribution in [0.2, 0.25) is 0 Å². The molecule has 1 aromatic rings. The van der Waals surface area contributed by atoms with Gasteiger partial charge in [-0.3, -0.25) is 0 Å². The smallest absolute Gasteiger partial charge is 0.180 e. The Morgan fingerprint density at radius 1 is 1.25 bits per heavy atom. The maximum atomic E-state index is 5.23. The van der Waals surface area contributed by atoms with Gasteiger partial charge in [0.2, 0.25) is 0 Å². The van der Waals surface area contributed by atoms with Crippen molar-refractivity contribution in [3.63, 3.8) is 0 Å². The molecule has 3 heteroatoms. The van der Waals surface area contributed by atoms with E-state index in [0.717, 1.165) is 10.1 Å². The van der Waals surface area contributed by atoms with E-state index in [1.807, 2.05) is 6.07 Å². The molecule has 0 radical (unpaired) electrons. The molecule has 0 N–H and O–H groups in total. The van der Waals surface area contributed by atoms with Crippen LogP contribution in [-0.4, -0.2) is 14.2 Å². The van der Waals surface area contributed by atoms with Crippen LogP contribution in [0.1, 0.15) is 25.3 Å². The Morgan fingerprint density at radius 3 is 2.25 bits per heavy atom. The molecule has 0 spiro atoms. The van der Waals surface area contributed by atoms with Crippen molar-refractivity contribution in [2.45, 2.75) is 19.8 Å². The highest BCUT2D eigenvalue weighted by molar-refractivity contribution is 7.15. The van der Waals surface area contributed by atoms with E-state index in [1.54, 1.807) is 25.6 Å². The molecule has 0 amide bonds. The third-order valence-electron chi connectivity index (χ3n) is 1.71. The Labute approximate surface area is 77.1 Å². The molecule has 0 bridgehead atoms. The zero-order valence-electron chi connectivity index (χ0n) is 7.88. The molecular formula is C9H14O2S. The molecule has 0 unspecified atom stereocenters. The van der Waals surface area contributed by atoms with E-state index in [4.69, 9.17) is 9.47 Å². The van der Waals surface area contributed by atoms with E-state index < -0.39 is 0 Å². The van der Waals surface area contributed by atoms with Crippen LogP contribution < -0.4 is 9.47 Å². The summed E-state index contributed by atoms with van der Waals surface area (Å²) in [5.74, 6) is 0.486. The van der Waals surface area contributed by atoms with Gasteiger partial charge in [-0.15, -0.1) is 0 Å². The minimum atomic E-state index is 0.486. The van der Waals surface area contributed by atoms with Crippen LogP contribution in [0.25, 0.3) is 0 Å². The highest BCUT2D eigenvalue weighted by atomic mass is 32.1. The predicted molar refractivity (Wildman–Crippen MR) is 51.5 cm³/mol. The average Bonchev–Trinajstić information content (AvgIpc) is 2.47. The topological polar surface area (TPSA) is 18.5 Å². The molecule has 1 rings (SSSR count). The van der Waals surface area contributed by atoms with Gasteiger partial charge >= 0.3 is 0 Å². The first-order valence-electron chi connectivity index (χ1n) is 3.90. The summed E-state index contributed by atoms with van der Waals surface area (Å²) in [5, 5.41) is 1.87. The van der Waals surface area contributed by atoms with Gasteiger partial charge in [0.1, 0.15) is 0 Å². The molecular weight excluding hydrogens is 172 g/mol. The Bertz CT molecular complexity index is 253. The fourth-order valence-electron chi connectivity index (χ4n) is 1.03. The van der Waals surface area contributed by atoms with E-state index >= 15 is 0 Å². The number of hydrogen-bond donors (Lipinski definition) is 0. The summed E-state index contributed by atoms with van der Waals surface area (Å²) in [6, 6.07) is 2.04. The summed E-state index contributed by atoms with van der Waals surface area (Å²) in [7, 11) is 3.37. The van der Waals surface area contributed by atoms with Crippen molar-refractivity contribution in [3.05, 3.63) is 11.6 Å². The summed E-state index contributed by atoms with van der Waals surface area (Å²) in [6.45, 7) is 4.29. The summed E-state index contributed by atoms with van der Waals surface area (Å²) in [4.78, 5) is 0. The van der Waals surface area contributed by atoms with Gasteiger partial charge in [-0.2, -0.15) is 0 Å². The third kappa shape index (κ3) is 1.72. The fourth-order valence-corrected chi connectivity index (χ4v) is 1.98. The van der Waals surface area contributed by atoms with Crippen molar-refractivity contribution in [2.75, 3.05) is 14.2 Å². The van der Waals surface area contributed by atoms with Gasteiger partial charge in [0, 0.05) is 5.56 Å². The number of hydrogen-bond acceptors (Lipinski definition) is 3. The zero-order valence-corrected chi connectivity index (χ0v) is 8.70. The molecule has 1 heterocycles. The van der Waals surface area contributed by atoms with Crippen LogP contribution in [0.4, 0.5) is 0 Å². The van der Waals surface area contributed by atoms with Crippen molar-refractivity contribution in [1.29, 1.82) is 0 Å². The molecule has 0 fully saturated rings. The lowest BCUT2D eigenvalue weighted by atomic mass is 10.1. The molecule has 0 aliphatic heterocycles. The van der Waals surface area contributed by atoms with Crippen molar-refractivity contribution in [3.8, 4) is 10.1 Å². The quantitative estimate of drug-likeness (QED) is 0.722. The molecule has 0 saturated carbocycles. The fraction of sp³-hybridized carbons (Fsp3) is 0.556. The molecule has 2 nitrogen and oxygen atoms in total. The predicted octanol–water partition coefficient (Wildman–Crippen LogP) is 2.89. The molecule has 0 aromatic carbocycles. The lowest BCUT2D eigenvalue weighted by Gasteiger charge is -2.03. The second kappa shape index (κ2) is 3.81. The average molecular weight is 186 g/mol. The van der Waals surface area contributed by atoms with Gasteiger partial charge in [-0.05, 0) is 12.0 Å². The van der Waals surface area contributed by atoms with Gasteiger partial charge in [0.25, 0.3) is 0 Å². The van der Waals surface area contributed by atoms with Crippen LogP contribution >= 0.6 is 11.3 Å². The first-order valence-corrected chi connectivity index (χ1v) is 4.72. The van der Waals surface area contributed by atoms with Crippen molar-refractivity contribution < 1.29 is 9.47 Å². The molecule has 0 saturated heterocycles. The zero-order chi connectivity index (χ0) is 9.14. The van der Waals surface area contributed by atoms with E-state index in [0.29, 0.717) is 5.92 Å². The molecule has 68 valence electrons. The lowest BCUT2D eigenvalue weighted by molar-refractivity contribution is 0.420. The highest BCUT2D eigenvalue weighted by Crippen LogP contribution is 2.39. The molecule has 12 heavy (non-hydrogen) atoms. The Morgan fingerprint density at radius 2 is 1.92 bits per heavy atom. The van der Waals surface area contributed by atoms with Crippen molar-refractivity contribution in [2.24, 2.45) is 0 Å². The maximum absolute atomic E-state index is 5.23. The normalized spacial score (nSPS) is 10.4. The van der Waals surface area contributed by atoms with Gasteiger partial charge in [0.05, 0.1) is 14.2 Å². The largest absolute Gasteiger partial charge is 0.487 e. The number of methoxy groups -OCH3 is 2. The third-order valence-corrected chi connectivity index (χ3v) is 2.78. The van der Waals surface area contributed by atoms with Gasteiger partial charge in [0.15, 0.2) is 10.1 Å². The van der Waals surface area contributed by atoms with Crippen molar-refractivity contribution in [1.82, 2.24) is 0 Å². The Kier molecular flexibility index (Phi) is 2.98. The van der Waals surface area contributed by atoms with Crippen LogP contribution in [0.5, 0.6) is 10.1 Å². The van der Waals surface area contributed by atoms with Gasteiger partial charge < -0.3 is 9.47 Å². The highest BCUT2D eigenvalue weighted by Gasteiger charge is 2.12. The van der Waals surface area contributed by atoms with Gasteiger partial charge in [-0.25, -0.2) is 0 Å². The minimum absolute atomic E-state index is 0.486. The summed E-state index contributed by atoms with van der Waals surface area (Å²) in [6.07, 6.45) is 0. The number of ether oxygens (including phenoxy) is 2. The van der Waals surface area contributed by atoms with Crippen LogP contribution in [0.15, 0.2) is 6.07 Å². The molecule has 0 aliphatic rings. The van der Waals surface area contributed by atoms with E-state index in [2.05, 4.69) is 13.8 Å². The van der Waals surface area contributed by atoms with Gasteiger partial charge in [-0.1, -0.05) is 25.2 Å². The maximum Gasteiger partial charge on any atom is 0.180 e. The number of thiophene rings is 1. The number of rotatable bonds is 3. The monoisotopic (exact) mass is 186 g/mol. The summed E-state index contributed by atoms with van der Waals surface area (Å²) in [5.41, 5.74) is 1.22. The first-order chi connectivity index (χ1) is 5.69. The molecule has 0 aliphatic carbocycles. The molecule has 1 aromatic heterocycles. The van der Waals surface area contributed by atoms with E-state index in [1.165, 1.54) is 5.56 Å². The summed E-state index contributed by atoms with van der Waals surface area (Å²) >= 11 is 1.54. The Balaban J connectivity index is 3.00. The van der Waals surface area contributed by atoms with E-state index in [-0.39, 0.29) is 0 Å². The lowest BCUT2D eigenvalue weighted by Crippen LogP contribution is -1.88. The standard InChI is InChI=1S/C9H14O2S/c1-6(2)7-5-8(10-3)12-9(7)11-4/h5-6H,1-4H3. The van der Waals surface area contributed by atoms with E-state index in [9.17, 15) is 0 Å². The Hall–Kier alpha value is -0.700. The van der Waals surface area contributed by atoms with Crippen LogP contribution in [-0.2, 0) is 0 Å². The second-order valence-electron chi connectivity index (χ2n) is 2.87. The van der Waals surface area contributed by atoms with Crippen LogP contribution in [0, 0.1) is 0 Å². The minimum Gasteiger partial charge on any atom is -0.487 e. The SMILES string of the molecule is COc1cc(C(C)C)c(OC)s1. The first kappa shape index (κ1) is 9.39. The summed E-state index contributed by atoms with van der Waals surface area (Å²) < 4.78 is 10.4. The van der Waals surface area contributed by atoms with Crippen molar-refractivity contribution >= 4 is 11.3 Å². The van der Waals surface area contributed by atoms with Crippen LogP contribution in [0.3, 0.4) is 0 Å².